The van der Waals surface area contributed by atoms with Crippen molar-refractivity contribution in [3.63, 3.8) is 0 Å². The van der Waals surface area contributed by atoms with Gasteiger partial charge in [-0.1, -0.05) is 41.9 Å². The predicted octanol–water partition coefficient (Wildman–Crippen LogP) is 4.19. The Morgan fingerprint density at radius 3 is 2.29 bits per heavy atom. The summed E-state index contributed by atoms with van der Waals surface area (Å²) in [5, 5.41) is 0.499. The van der Waals surface area contributed by atoms with Gasteiger partial charge in [0, 0.05) is 11.1 Å². The molecule has 0 aromatic heterocycles. The maximum Gasteiger partial charge on any atom is 0.194 e. The predicted molar refractivity (Wildman–Crippen MR) is 70.8 cm³/mol. The third-order valence-electron chi connectivity index (χ3n) is 2.97. The van der Waals surface area contributed by atoms with Gasteiger partial charge in [0.05, 0.1) is 5.02 Å². The van der Waals surface area contributed by atoms with E-state index in [2.05, 4.69) is 0 Å². The molecule has 0 fully saturated rings. The molecule has 0 spiro atoms. The molecule has 0 aliphatic rings. The maximum absolute atomic E-state index is 12.4. The average Bonchev–Trinajstić information content (AvgIpc) is 2.32. The second kappa shape index (κ2) is 4.72. The van der Waals surface area contributed by atoms with E-state index in [1.165, 1.54) is 0 Å². The largest absolute Gasteiger partial charge is 0.289 e. The first kappa shape index (κ1) is 11.9. The molecule has 0 aliphatic carbocycles. The number of aryl methyl sites for hydroxylation is 1. The minimum absolute atomic E-state index is 0.0169. The van der Waals surface area contributed by atoms with E-state index in [1.54, 1.807) is 12.1 Å². The highest BCUT2D eigenvalue weighted by Gasteiger charge is 2.14. The van der Waals surface area contributed by atoms with Crippen molar-refractivity contribution < 1.29 is 4.79 Å². The van der Waals surface area contributed by atoms with Gasteiger partial charge in [-0.05, 0) is 37.1 Å². The Kier molecular flexibility index (Phi) is 3.30. The van der Waals surface area contributed by atoms with Crippen molar-refractivity contribution in [2.24, 2.45) is 0 Å². The summed E-state index contributed by atoms with van der Waals surface area (Å²) < 4.78 is 0. The van der Waals surface area contributed by atoms with Crippen LogP contribution in [0, 0.1) is 13.8 Å². The lowest BCUT2D eigenvalue weighted by molar-refractivity contribution is 0.103. The third kappa shape index (κ3) is 2.25. The first-order chi connectivity index (χ1) is 8.11. The van der Waals surface area contributed by atoms with Crippen molar-refractivity contribution in [1.82, 2.24) is 0 Å². The summed E-state index contributed by atoms with van der Waals surface area (Å²) in [5.74, 6) is -0.0169. The highest BCUT2D eigenvalue weighted by Crippen LogP contribution is 2.22. The average molecular weight is 245 g/mol. The smallest absolute Gasteiger partial charge is 0.194 e. The van der Waals surface area contributed by atoms with Crippen molar-refractivity contribution in [1.29, 1.82) is 0 Å². The van der Waals surface area contributed by atoms with E-state index >= 15 is 0 Å². The maximum atomic E-state index is 12.4. The minimum atomic E-state index is -0.0169. The Morgan fingerprint density at radius 2 is 1.59 bits per heavy atom. The molecule has 0 bridgehead atoms. The Hall–Kier alpha value is -1.60. The molecule has 2 heteroatoms. The minimum Gasteiger partial charge on any atom is -0.289 e. The molecular formula is C15H13ClO. The zero-order valence-electron chi connectivity index (χ0n) is 9.83. The van der Waals surface area contributed by atoms with E-state index in [-0.39, 0.29) is 5.78 Å². The van der Waals surface area contributed by atoms with Gasteiger partial charge < -0.3 is 0 Å². The van der Waals surface area contributed by atoms with Crippen LogP contribution in [0.5, 0.6) is 0 Å². The zero-order chi connectivity index (χ0) is 12.4. The molecule has 2 rings (SSSR count). The van der Waals surface area contributed by atoms with Crippen LogP contribution in [0.3, 0.4) is 0 Å². The van der Waals surface area contributed by atoms with Gasteiger partial charge in [0.15, 0.2) is 5.78 Å². The number of hydrogen-bond acceptors (Lipinski definition) is 1. The molecule has 0 saturated carbocycles. The highest BCUT2D eigenvalue weighted by atomic mass is 35.5. The normalized spacial score (nSPS) is 10.3. The summed E-state index contributed by atoms with van der Waals surface area (Å²) in [5.41, 5.74) is 3.40. The standard InChI is InChI=1S/C15H13ClO/c1-10-6-5-8-12(11(10)2)15(17)13-7-3-4-9-14(13)16/h3-9H,1-2H3. The second-order valence-electron chi connectivity index (χ2n) is 4.06. The molecule has 0 N–H and O–H groups in total. The van der Waals surface area contributed by atoms with Gasteiger partial charge in [-0.15, -0.1) is 0 Å². The molecular weight excluding hydrogens is 232 g/mol. The van der Waals surface area contributed by atoms with E-state index in [1.807, 2.05) is 44.2 Å². The number of carbonyl (C=O) groups is 1. The molecule has 0 amide bonds. The fourth-order valence-electron chi connectivity index (χ4n) is 1.79. The van der Waals surface area contributed by atoms with Crippen LogP contribution in [0.15, 0.2) is 42.5 Å². The SMILES string of the molecule is Cc1cccc(C(=O)c2ccccc2Cl)c1C. The summed E-state index contributed by atoms with van der Waals surface area (Å²) in [4.78, 5) is 12.4. The lowest BCUT2D eigenvalue weighted by Crippen LogP contribution is -2.05. The Morgan fingerprint density at radius 1 is 0.941 bits per heavy atom. The first-order valence-electron chi connectivity index (χ1n) is 5.46. The van der Waals surface area contributed by atoms with Crippen LogP contribution in [0.25, 0.3) is 0 Å². The fourth-order valence-corrected chi connectivity index (χ4v) is 2.01. The summed E-state index contributed by atoms with van der Waals surface area (Å²) >= 11 is 6.04. The van der Waals surface area contributed by atoms with Crippen LogP contribution in [0.2, 0.25) is 5.02 Å². The molecule has 0 heterocycles. The second-order valence-corrected chi connectivity index (χ2v) is 4.46. The van der Waals surface area contributed by atoms with Crippen LogP contribution in [-0.2, 0) is 0 Å². The third-order valence-corrected chi connectivity index (χ3v) is 3.30. The molecule has 17 heavy (non-hydrogen) atoms. The van der Waals surface area contributed by atoms with Gasteiger partial charge in [0.1, 0.15) is 0 Å². The van der Waals surface area contributed by atoms with Gasteiger partial charge in [0.25, 0.3) is 0 Å². The van der Waals surface area contributed by atoms with E-state index in [9.17, 15) is 4.79 Å². The molecule has 0 atom stereocenters. The van der Waals surface area contributed by atoms with E-state index in [0.29, 0.717) is 10.6 Å². The summed E-state index contributed by atoms with van der Waals surface area (Å²) in [6.45, 7) is 3.96. The molecule has 2 aromatic rings. The van der Waals surface area contributed by atoms with Crippen molar-refractivity contribution in [3.8, 4) is 0 Å². The summed E-state index contributed by atoms with van der Waals surface area (Å²) in [6, 6.07) is 12.9. The van der Waals surface area contributed by atoms with Crippen LogP contribution in [0.1, 0.15) is 27.0 Å². The molecule has 86 valence electrons. The number of halogens is 1. The first-order valence-corrected chi connectivity index (χ1v) is 5.84. The number of ketones is 1. The number of hydrogen-bond donors (Lipinski definition) is 0. The van der Waals surface area contributed by atoms with Crippen molar-refractivity contribution in [3.05, 3.63) is 69.7 Å². The van der Waals surface area contributed by atoms with Gasteiger partial charge in [-0.3, -0.25) is 4.79 Å². The van der Waals surface area contributed by atoms with Crippen molar-refractivity contribution >= 4 is 17.4 Å². The Balaban J connectivity index is 2.52. The quantitative estimate of drug-likeness (QED) is 0.724. The topological polar surface area (TPSA) is 17.1 Å². The fraction of sp³-hybridized carbons (Fsp3) is 0.133. The Bertz CT molecular complexity index is 573. The number of carbonyl (C=O) groups excluding carboxylic acids is 1. The highest BCUT2D eigenvalue weighted by molar-refractivity contribution is 6.35. The van der Waals surface area contributed by atoms with E-state index < -0.39 is 0 Å². The molecule has 0 unspecified atom stereocenters. The van der Waals surface area contributed by atoms with E-state index in [0.717, 1.165) is 16.7 Å². The lowest BCUT2D eigenvalue weighted by atomic mass is 9.96. The number of rotatable bonds is 2. The number of benzene rings is 2. The molecule has 2 aromatic carbocycles. The van der Waals surface area contributed by atoms with Gasteiger partial charge in [-0.2, -0.15) is 0 Å². The van der Waals surface area contributed by atoms with Crippen LogP contribution >= 0.6 is 11.6 Å². The van der Waals surface area contributed by atoms with Gasteiger partial charge in [-0.25, -0.2) is 0 Å². The summed E-state index contributed by atoms with van der Waals surface area (Å²) in [7, 11) is 0. The zero-order valence-corrected chi connectivity index (χ0v) is 10.6. The van der Waals surface area contributed by atoms with E-state index in [4.69, 9.17) is 11.6 Å². The van der Waals surface area contributed by atoms with Crippen molar-refractivity contribution in [2.45, 2.75) is 13.8 Å². The van der Waals surface area contributed by atoms with Gasteiger partial charge in [0.2, 0.25) is 0 Å². The monoisotopic (exact) mass is 244 g/mol. The molecule has 1 nitrogen and oxygen atoms in total. The van der Waals surface area contributed by atoms with Crippen molar-refractivity contribution in [2.75, 3.05) is 0 Å². The summed E-state index contributed by atoms with van der Waals surface area (Å²) in [6.07, 6.45) is 0. The molecule has 0 aliphatic heterocycles. The molecule has 0 radical (unpaired) electrons. The lowest BCUT2D eigenvalue weighted by Gasteiger charge is -2.08. The van der Waals surface area contributed by atoms with Crippen LogP contribution in [-0.4, -0.2) is 5.78 Å². The van der Waals surface area contributed by atoms with Gasteiger partial charge >= 0.3 is 0 Å². The van der Waals surface area contributed by atoms with Crippen LogP contribution < -0.4 is 0 Å². The Labute approximate surface area is 106 Å². The molecule has 0 saturated heterocycles. The van der Waals surface area contributed by atoms with Crippen LogP contribution in [0.4, 0.5) is 0 Å².